The lowest BCUT2D eigenvalue weighted by Gasteiger charge is -2.27. The van der Waals surface area contributed by atoms with E-state index in [1.807, 2.05) is 25.7 Å². The third kappa shape index (κ3) is 5.15. The van der Waals surface area contributed by atoms with Crippen molar-refractivity contribution < 1.29 is 9.53 Å². The summed E-state index contributed by atoms with van der Waals surface area (Å²) < 4.78 is 5.42. The summed E-state index contributed by atoms with van der Waals surface area (Å²) in [6.45, 7) is 10.5. The topological polar surface area (TPSA) is 44.8 Å². The fourth-order valence-corrected chi connectivity index (χ4v) is 2.74. The van der Waals surface area contributed by atoms with Gasteiger partial charge in [-0.3, -0.25) is 4.90 Å². The number of ether oxygens (including phenoxy) is 1. The highest BCUT2D eigenvalue weighted by molar-refractivity contribution is 5.68. The summed E-state index contributed by atoms with van der Waals surface area (Å²) >= 11 is 0. The second-order valence-corrected chi connectivity index (χ2v) is 7.57. The predicted molar refractivity (Wildman–Crippen MR) is 84.5 cm³/mol. The Hall–Kier alpha value is -0.810. The van der Waals surface area contributed by atoms with Crippen LogP contribution in [0.1, 0.15) is 47.0 Å². The van der Waals surface area contributed by atoms with Crippen molar-refractivity contribution in [1.29, 1.82) is 0 Å². The molecule has 0 radical (unpaired) electrons. The summed E-state index contributed by atoms with van der Waals surface area (Å²) in [4.78, 5) is 16.3. The molecule has 0 aromatic carbocycles. The molecule has 1 N–H and O–H groups in total. The molecule has 2 atom stereocenters. The van der Waals surface area contributed by atoms with Gasteiger partial charge in [0.15, 0.2) is 0 Å². The highest BCUT2D eigenvalue weighted by Gasteiger charge is 2.31. The number of likely N-dealkylation sites (N-methyl/N-ethyl adjacent to an activating group) is 1. The first-order chi connectivity index (χ1) is 9.76. The first kappa shape index (κ1) is 16.6. The largest absolute Gasteiger partial charge is 0.444 e. The number of carbonyl (C=O) groups excluding carboxylic acids is 1. The first-order valence-corrected chi connectivity index (χ1v) is 8.19. The average Bonchev–Trinajstić information content (AvgIpc) is 3.11. The third-order valence-electron chi connectivity index (χ3n) is 4.36. The van der Waals surface area contributed by atoms with Gasteiger partial charge in [-0.25, -0.2) is 4.79 Å². The molecule has 1 saturated heterocycles. The molecule has 1 aliphatic carbocycles. The third-order valence-corrected chi connectivity index (χ3v) is 4.36. The van der Waals surface area contributed by atoms with Gasteiger partial charge in [0.1, 0.15) is 5.60 Å². The molecule has 1 aliphatic heterocycles. The van der Waals surface area contributed by atoms with E-state index in [9.17, 15) is 4.79 Å². The molecule has 1 amide bonds. The van der Waals surface area contributed by atoms with Crippen LogP contribution in [0.25, 0.3) is 0 Å². The van der Waals surface area contributed by atoms with E-state index in [2.05, 4.69) is 24.2 Å². The fraction of sp³-hybridized carbons (Fsp3) is 0.938. The van der Waals surface area contributed by atoms with Gasteiger partial charge in [0.2, 0.25) is 0 Å². The van der Waals surface area contributed by atoms with Gasteiger partial charge in [0, 0.05) is 37.8 Å². The Balaban J connectivity index is 1.68. The van der Waals surface area contributed by atoms with Crippen LogP contribution in [0, 0.1) is 0 Å². The highest BCUT2D eigenvalue weighted by Crippen LogP contribution is 2.26. The van der Waals surface area contributed by atoms with Gasteiger partial charge in [0.05, 0.1) is 0 Å². The monoisotopic (exact) mass is 297 g/mol. The maximum atomic E-state index is 12.0. The molecule has 1 heterocycles. The van der Waals surface area contributed by atoms with Gasteiger partial charge in [-0.2, -0.15) is 0 Å². The van der Waals surface area contributed by atoms with E-state index in [1.165, 1.54) is 12.8 Å². The lowest BCUT2D eigenvalue weighted by molar-refractivity contribution is 0.0290. The molecule has 21 heavy (non-hydrogen) atoms. The second-order valence-electron chi connectivity index (χ2n) is 7.57. The number of rotatable bonds is 5. The quantitative estimate of drug-likeness (QED) is 0.844. The number of carbonyl (C=O) groups is 1. The molecule has 0 aromatic rings. The van der Waals surface area contributed by atoms with Gasteiger partial charge in [0.25, 0.3) is 0 Å². The minimum atomic E-state index is -0.413. The summed E-state index contributed by atoms with van der Waals surface area (Å²) in [6.07, 6.45) is 3.52. The van der Waals surface area contributed by atoms with Crippen molar-refractivity contribution in [3.8, 4) is 0 Å². The van der Waals surface area contributed by atoms with Crippen molar-refractivity contribution in [2.24, 2.45) is 0 Å². The minimum absolute atomic E-state index is 0.185. The molecular formula is C16H31N3O2. The van der Waals surface area contributed by atoms with Crippen LogP contribution < -0.4 is 5.32 Å². The highest BCUT2D eigenvalue weighted by atomic mass is 16.6. The van der Waals surface area contributed by atoms with E-state index in [0.29, 0.717) is 12.1 Å². The Labute approximate surface area is 129 Å². The van der Waals surface area contributed by atoms with Crippen LogP contribution >= 0.6 is 0 Å². The molecule has 0 aromatic heterocycles. The molecule has 0 spiro atoms. The molecular weight excluding hydrogens is 266 g/mol. The van der Waals surface area contributed by atoms with E-state index in [-0.39, 0.29) is 6.09 Å². The van der Waals surface area contributed by atoms with E-state index < -0.39 is 5.60 Å². The van der Waals surface area contributed by atoms with Gasteiger partial charge in [-0.15, -0.1) is 0 Å². The fourth-order valence-electron chi connectivity index (χ4n) is 2.74. The van der Waals surface area contributed by atoms with Crippen LogP contribution in [0.4, 0.5) is 4.79 Å². The smallest absolute Gasteiger partial charge is 0.410 e. The molecule has 1 saturated carbocycles. The van der Waals surface area contributed by atoms with Gasteiger partial charge >= 0.3 is 6.09 Å². The van der Waals surface area contributed by atoms with Crippen molar-refractivity contribution in [3.63, 3.8) is 0 Å². The van der Waals surface area contributed by atoms with Crippen LogP contribution in [0.3, 0.4) is 0 Å². The van der Waals surface area contributed by atoms with E-state index in [4.69, 9.17) is 4.74 Å². The summed E-state index contributed by atoms with van der Waals surface area (Å²) in [5, 5.41) is 3.60. The van der Waals surface area contributed by atoms with Crippen LogP contribution in [-0.2, 0) is 4.74 Å². The maximum Gasteiger partial charge on any atom is 0.410 e. The van der Waals surface area contributed by atoms with Crippen LogP contribution in [-0.4, -0.2) is 66.3 Å². The lowest BCUT2D eigenvalue weighted by Crippen LogP contribution is -2.44. The van der Waals surface area contributed by atoms with Crippen molar-refractivity contribution in [2.45, 2.75) is 70.7 Å². The molecule has 5 nitrogen and oxygen atoms in total. The Morgan fingerprint density at radius 1 is 1.38 bits per heavy atom. The van der Waals surface area contributed by atoms with E-state index >= 15 is 0 Å². The summed E-state index contributed by atoms with van der Waals surface area (Å²) in [5.41, 5.74) is -0.413. The molecule has 2 unspecified atom stereocenters. The zero-order valence-corrected chi connectivity index (χ0v) is 14.2. The Bertz CT molecular complexity index is 363. The number of hydrogen-bond donors (Lipinski definition) is 1. The standard InChI is InChI=1S/C16H31N3O2/c1-12(18(5)14-6-7-14)10-17-13-8-9-19(11-13)15(20)21-16(2,3)4/h12-14,17H,6-11H2,1-5H3. The van der Waals surface area contributed by atoms with Gasteiger partial charge < -0.3 is 15.0 Å². The molecule has 0 bridgehead atoms. The Morgan fingerprint density at radius 2 is 2.05 bits per heavy atom. The average molecular weight is 297 g/mol. The summed E-state index contributed by atoms with van der Waals surface area (Å²) in [6, 6.07) is 1.74. The maximum absolute atomic E-state index is 12.0. The number of nitrogens with one attached hydrogen (secondary N) is 1. The van der Waals surface area contributed by atoms with Gasteiger partial charge in [-0.05, 0) is 54.0 Å². The van der Waals surface area contributed by atoms with Crippen LogP contribution in [0.5, 0.6) is 0 Å². The zero-order chi connectivity index (χ0) is 15.6. The SMILES string of the molecule is CC(CNC1CCN(C(=O)OC(C)(C)C)C1)N(C)C1CC1. The summed E-state index contributed by atoms with van der Waals surface area (Å²) in [7, 11) is 2.21. The number of amides is 1. The normalized spacial score (nSPS) is 24.5. The van der Waals surface area contributed by atoms with Crippen molar-refractivity contribution in [3.05, 3.63) is 0 Å². The van der Waals surface area contributed by atoms with Crippen molar-refractivity contribution in [1.82, 2.24) is 15.1 Å². The van der Waals surface area contributed by atoms with Crippen LogP contribution in [0.15, 0.2) is 0 Å². The minimum Gasteiger partial charge on any atom is -0.444 e. The van der Waals surface area contributed by atoms with Gasteiger partial charge in [-0.1, -0.05) is 0 Å². The van der Waals surface area contributed by atoms with E-state index in [1.54, 1.807) is 0 Å². The number of likely N-dealkylation sites (tertiary alicyclic amines) is 1. The Kier molecular flexibility index (Phi) is 5.15. The zero-order valence-electron chi connectivity index (χ0n) is 14.2. The van der Waals surface area contributed by atoms with Crippen molar-refractivity contribution in [2.75, 3.05) is 26.7 Å². The number of hydrogen-bond acceptors (Lipinski definition) is 4. The molecule has 5 heteroatoms. The molecule has 2 aliphatic rings. The first-order valence-electron chi connectivity index (χ1n) is 8.19. The molecule has 2 rings (SSSR count). The number of nitrogens with zero attached hydrogens (tertiary/aromatic N) is 2. The molecule has 2 fully saturated rings. The Morgan fingerprint density at radius 3 is 2.62 bits per heavy atom. The second kappa shape index (κ2) is 6.53. The molecule has 122 valence electrons. The predicted octanol–water partition coefficient (Wildman–Crippen LogP) is 2.07. The lowest BCUT2D eigenvalue weighted by atomic mass is 10.2. The van der Waals surface area contributed by atoms with Crippen LogP contribution in [0.2, 0.25) is 0 Å². The summed E-state index contributed by atoms with van der Waals surface area (Å²) in [5.74, 6) is 0. The van der Waals surface area contributed by atoms with Crippen molar-refractivity contribution >= 4 is 6.09 Å². The van der Waals surface area contributed by atoms with E-state index in [0.717, 1.165) is 32.1 Å².